The summed E-state index contributed by atoms with van der Waals surface area (Å²) in [4.78, 5) is 27.4. The SMILES string of the molecule is C=CCOc1ccc(C2C(=C(O)c3ccc(OC)c(Cl)c3)C(=O)C(=O)N2c2cc(C)on2)cc1. The van der Waals surface area contributed by atoms with Crippen molar-refractivity contribution in [1.82, 2.24) is 5.16 Å². The summed E-state index contributed by atoms with van der Waals surface area (Å²) in [5.74, 6) is -0.464. The predicted molar refractivity (Wildman–Crippen MR) is 126 cm³/mol. The molecule has 0 radical (unpaired) electrons. The molecule has 4 rings (SSSR count). The molecule has 3 aromatic rings. The van der Waals surface area contributed by atoms with Crippen LogP contribution in [0.25, 0.3) is 5.76 Å². The average Bonchev–Trinajstić information content (AvgIpc) is 3.38. The van der Waals surface area contributed by atoms with Gasteiger partial charge in [-0.15, -0.1) is 0 Å². The topological polar surface area (TPSA) is 102 Å². The van der Waals surface area contributed by atoms with Crippen LogP contribution in [0, 0.1) is 6.92 Å². The molecule has 34 heavy (non-hydrogen) atoms. The molecule has 9 heteroatoms. The largest absolute Gasteiger partial charge is 0.507 e. The molecular weight excluding hydrogens is 460 g/mol. The number of hydrogen-bond donors (Lipinski definition) is 1. The Morgan fingerprint density at radius 2 is 1.97 bits per heavy atom. The first-order valence-electron chi connectivity index (χ1n) is 10.3. The second-order valence-corrected chi connectivity index (χ2v) is 7.89. The van der Waals surface area contributed by atoms with Crippen molar-refractivity contribution in [3.8, 4) is 11.5 Å². The number of Topliss-reactive ketones (excluding diaryl/α,β-unsaturated/α-hetero) is 1. The third-order valence-corrected chi connectivity index (χ3v) is 5.59. The van der Waals surface area contributed by atoms with Gasteiger partial charge in [-0.1, -0.05) is 41.5 Å². The number of nitrogens with zero attached hydrogens (tertiary/aromatic N) is 2. The van der Waals surface area contributed by atoms with Gasteiger partial charge in [0.25, 0.3) is 5.78 Å². The highest BCUT2D eigenvalue weighted by molar-refractivity contribution is 6.51. The summed E-state index contributed by atoms with van der Waals surface area (Å²) in [6.45, 7) is 5.62. The van der Waals surface area contributed by atoms with E-state index in [0.29, 0.717) is 29.4 Å². The number of carbonyl (C=O) groups excluding carboxylic acids is 2. The third-order valence-electron chi connectivity index (χ3n) is 5.30. The number of anilines is 1. The second kappa shape index (κ2) is 9.44. The smallest absolute Gasteiger partial charge is 0.301 e. The fraction of sp³-hybridized carbons (Fsp3) is 0.160. The molecule has 1 atom stereocenters. The first kappa shape index (κ1) is 23.1. The van der Waals surface area contributed by atoms with Crippen LogP contribution in [0.2, 0.25) is 5.02 Å². The number of amides is 1. The first-order valence-corrected chi connectivity index (χ1v) is 10.7. The van der Waals surface area contributed by atoms with E-state index in [1.807, 2.05) is 0 Å². The minimum Gasteiger partial charge on any atom is -0.507 e. The lowest BCUT2D eigenvalue weighted by molar-refractivity contribution is -0.132. The van der Waals surface area contributed by atoms with Gasteiger partial charge in [-0.3, -0.25) is 14.5 Å². The van der Waals surface area contributed by atoms with Crippen LogP contribution in [0.3, 0.4) is 0 Å². The highest BCUT2D eigenvalue weighted by Gasteiger charge is 2.48. The zero-order valence-electron chi connectivity index (χ0n) is 18.4. The number of aryl methyl sites for hydroxylation is 1. The van der Waals surface area contributed by atoms with Crippen LogP contribution in [-0.2, 0) is 9.59 Å². The predicted octanol–water partition coefficient (Wildman–Crippen LogP) is 4.84. The van der Waals surface area contributed by atoms with E-state index in [4.69, 9.17) is 25.6 Å². The van der Waals surface area contributed by atoms with Crippen LogP contribution < -0.4 is 14.4 Å². The van der Waals surface area contributed by atoms with Crippen molar-refractivity contribution in [2.75, 3.05) is 18.6 Å². The molecular formula is C25H21ClN2O6. The molecule has 174 valence electrons. The van der Waals surface area contributed by atoms with E-state index >= 15 is 0 Å². The van der Waals surface area contributed by atoms with E-state index in [1.54, 1.807) is 55.5 Å². The molecule has 8 nitrogen and oxygen atoms in total. The molecule has 1 aliphatic heterocycles. The lowest BCUT2D eigenvalue weighted by atomic mass is 9.95. The van der Waals surface area contributed by atoms with Crippen LogP contribution in [0.4, 0.5) is 5.82 Å². The van der Waals surface area contributed by atoms with Gasteiger partial charge in [-0.2, -0.15) is 0 Å². The number of carbonyl (C=O) groups is 2. The maximum atomic E-state index is 13.1. The van der Waals surface area contributed by atoms with Gasteiger partial charge in [-0.05, 0) is 42.8 Å². The molecule has 1 amide bonds. The van der Waals surface area contributed by atoms with E-state index in [2.05, 4.69) is 11.7 Å². The third kappa shape index (κ3) is 4.15. The van der Waals surface area contributed by atoms with E-state index in [1.165, 1.54) is 18.1 Å². The number of methoxy groups -OCH3 is 1. The minimum atomic E-state index is -0.959. The minimum absolute atomic E-state index is 0.105. The first-order chi connectivity index (χ1) is 16.3. The van der Waals surface area contributed by atoms with E-state index in [9.17, 15) is 14.7 Å². The van der Waals surface area contributed by atoms with Crippen LogP contribution in [-0.4, -0.2) is 35.7 Å². The Kier molecular flexibility index (Phi) is 6.43. The van der Waals surface area contributed by atoms with Crippen molar-refractivity contribution >= 4 is 34.9 Å². The maximum absolute atomic E-state index is 13.1. The van der Waals surface area contributed by atoms with Gasteiger partial charge in [0.1, 0.15) is 29.6 Å². The molecule has 1 unspecified atom stereocenters. The van der Waals surface area contributed by atoms with E-state index in [-0.39, 0.29) is 27.7 Å². The highest BCUT2D eigenvalue weighted by Crippen LogP contribution is 2.42. The summed E-state index contributed by atoms with van der Waals surface area (Å²) in [7, 11) is 1.47. The molecule has 1 N–H and O–H groups in total. The van der Waals surface area contributed by atoms with Gasteiger partial charge >= 0.3 is 5.91 Å². The van der Waals surface area contributed by atoms with Gasteiger partial charge in [0.05, 0.1) is 23.7 Å². The summed E-state index contributed by atoms with van der Waals surface area (Å²) in [5.41, 5.74) is 0.717. The zero-order chi connectivity index (χ0) is 24.4. The number of hydrogen-bond acceptors (Lipinski definition) is 7. The van der Waals surface area contributed by atoms with Gasteiger partial charge < -0.3 is 19.1 Å². The average molecular weight is 481 g/mol. The number of aliphatic hydroxyl groups is 1. The van der Waals surface area contributed by atoms with Crippen molar-refractivity contribution in [2.24, 2.45) is 0 Å². The van der Waals surface area contributed by atoms with Gasteiger partial charge in [0.2, 0.25) is 0 Å². The Balaban J connectivity index is 1.87. The van der Waals surface area contributed by atoms with Crippen LogP contribution in [0.5, 0.6) is 11.5 Å². The molecule has 2 heterocycles. The molecule has 1 fully saturated rings. The summed E-state index contributed by atoms with van der Waals surface area (Å²) in [5, 5.41) is 15.3. The molecule has 0 spiro atoms. The Morgan fingerprint density at radius 1 is 1.24 bits per heavy atom. The fourth-order valence-corrected chi connectivity index (χ4v) is 3.98. The summed E-state index contributed by atoms with van der Waals surface area (Å²) >= 11 is 6.22. The normalized spacial score (nSPS) is 17.1. The van der Waals surface area contributed by atoms with Crippen LogP contribution >= 0.6 is 11.6 Å². The van der Waals surface area contributed by atoms with Crippen LogP contribution in [0.1, 0.15) is 22.9 Å². The number of halogens is 1. The second-order valence-electron chi connectivity index (χ2n) is 7.48. The van der Waals surface area contributed by atoms with Crippen molar-refractivity contribution < 1.29 is 28.7 Å². The lowest BCUT2D eigenvalue weighted by Gasteiger charge is -2.23. The monoisotopic (exact) mass is 480 g/mol. The van der Waals surface area contributed by atoms with Crippen molar-refractivity contribution in [3.05, 3.63) is 88.7 Å². The molecule has 0 aliphatic carbocycles. The molecule has 1 saturated heterocycles. The van der Waals surface area contributed by atoms with E-state index in [0.717, 1.165) is 0 Å². The quantitative estimate of drug-likeness (QED) is 0.223. The Morgan fingerprint density at radius 3 is 2.56 bits per heavy atom. The number of benzene rings is 2. The summed E-state index contributed by atoms with van der Waals surface area (Å²) < 4.78 is 15.8. The Hall–Kier alpha value is -4.04. The molecule has 0 bridgehead atoms. The van der Waals surface area contributed by atoms with Crippen molar-refractivity contribution in [1.29, 1.82) is 0 Å². The van der Waals surface area contributed by atoms with Gasteiger partial charge in [0.15, 0.2) is 5.82 Å². The van der Waals surface area contributed by atoms with Gasteiger partial charge in [-0.25, -0.2) is 0 Å². The number of ether oxygens (including phenoxy) is 2. The number of ketones is 1. The standard InChI is InChI=1S/C25H21ClN2O6/c1-4-11-33-17-8-5-15(6-9-17)22-21(23(29)16-7-10-19(32-3)18(26)13-16)24(30)25(31)28(22)20-12-14(2)34-27-20/h4-10,12-13,22,29H,1,11H2,2-3H3. The Labute approximate surface area is 200 Å². The van der Waals surface area contributed by atoms with Crippen molar-refractivity contribution in [3.63, 3.8) is 0 Å². The lowest BCUT2D eigenvalue weighted by Crippen LogP contribution is -2.29. The maximum Gasteiger partial charge on any atom is 0.301 e. The molecule has 1 aromatic heterocycles. The summed E-state index contributed by atoms with van der Waals surface area (Å²) in [6.07, 6.45) is 1.62. The zero-order valence-corrected chi connectivity index (χ0v) is 19.2. The van der Waals surface area contributed by atoms with Crippen molar-refractivity contribution in [2.45, 2.75) is 13.0 Å². The number of aliphatic hydroxyl groups excluding tert-OH is 1. The van der Waals surface area contributed by atoms with Gasteiger partial charge in [0, 0.05) is 11.6 Å². The molecule has 0 saturated carbocycles. The van der Waals surface area contributed by atoms with E-state index < -0.39 is 17.7 Å². The highest BCUT2D eigenvalue weighted by atomic mass is 35.5. The summed E-state index contributed by atoms with van der Waals surface area (Å²) in [6, 6.07) is 12.0. The molecule has 2 aromatic carbocycles. The fourth-order valence-electron chi connectivity index (χ4n) is 3.72. The molecule has 1 aliphatic rings. The van der Waals surface area contributed by atoms with Crippen LogP contribution in [0.15, 0.2) is 71.3 Å². The number of rotatable bonds is 7. The Bertz CT molecular complexity index is 1290. The number of aromatic nitrogens is 1.